The predicted molar refractivity (Wildman–Crippen MR) is 105 cm³/mol. The van der Waals surface area contributed by atoms with Gasteiger partial charge in [0.25, 0.3) is 0 Å². The number of nitrogens with one attached hydrogen (secondary N) is 2. The van der Waals surface area contributed by atoms with Crippen LogP contribution in [-0.4, -0.2) is 39.2 Å². The van der Waals surface area contributed by atoms with Crippen molar-refractivity contribution in [2.45, 2.75) is 31.6 Å². The highest BCUT2D eigenvalue weighted by Gasteiger charge is 2.41. The van der Waals surface area contributed by atoms with Crippen LogP contribution in [0.3, 0.4) is 0 Å². The molecule has 0 aromatic carbocycles. The molecule has 7 nitrogen and oxygen atoms in total. The fraction of sp³-hybridized carbons (Fsp3) is 0.350. The predicted octanol–water partition coefficient (Wildman–Crippen LogP) is 3.36. The van der Waals surface area contributed by atoms with Crippen molar-refractivity contribution in [3.63, 3.8) is 0 Å². The van der Waals surface area contributed by atoms with E-state index >= 15 is 0 Å². The highest BCUT2D eigenvalue weighted by molar-refractivity contribution is 6.29. The maximum absolute atomic E-state index is 6.29. The summed E-state index contributed by atoms with van der Waals surface area (Å²) in [6.45, 7) is 1.93. The number of hydrogen-bond donors (Lipinski definition) is 2. The molecule has 1 aliphatic carbocycles. The van der Waals surface area contributed by atoms with Crippen molar-refractivity contribution in [1.82, 2.24) is 20.2 Å². The van der Waals surface area contributed by atoms with Crippen LogP contribution >= 0.6 is 11.6 Å². The van der Waals surface area contributed by atoms with Gasteiger partial charge in [-0.05, 0) is 30.2 Å². The number of hydrogen-bond acceptors (Lipinski definition) is 6. The lowest BCUT2D eigenvalue weighted by Crippen LogP contribution is -2.36. The van der Waals surface area contributed by atoms with Crippen molar-refractivity contribution in [2.24, 2.45) is 0 Å². The number of aromatic nitrogens is 4. The van der Waals surface area contributed by atoms with E-state index < -0.39 is 5.79 Å². The lowest BCUT2D eigenvalue weighted by molar-refractivity contribution is -0.164. The summed E-state index contributed by atoms with van der Waals surface area (Å²) in [6, 6.07) is 7.75. The van der Waals surface area contributed by atoms with Crippen molar-refractivity contribution in [3.8, 4) is 11.3 Å². The molecule has 0 radical (unpaired) electrons. The molecular formula is C20H20ClN5O2. The van der Waals surface area contributed by atoms with E-state index in [9.17, 15) is 0 Å². The molecule has 2 aliphatic rings. The van der Waals surface area contributed by atoms with E-state index in [1.807, 2.05) is 30.5 Å². The zero-order chi connectivity index (χ0) is 19.0. The molecule has 5 rings (SSSR count). The fourth-order valence-electron chi connectivity index (χ4n) is 3.89. The van der Waals surface area contributed by atoms with Crippen LogP contribution in [0.4, 0.5) is 5.82 Å². The molecule has 1 spiro atoms. The third kappa shape index (κ3) is 3.37. The number of pyridine rings is 2. The van der Waals surface area contributed by atoms with E-state index in [1.54, 1.807) is 6.20 Å². The van der Waals surface area contributed by atoms with E-state index in [2.05, 4.69) is 25.5 Å². The van der Waals surface area contributed by atoms with E-state index in [0.717, 1.165) is 35.4 Å². The Morgan fingerprint density at radius 2 is 2.14 bits per heavy atom. The zero-order valence-corrected chi connectivity index (χ0v) is 16.0. The van der Waals surface area contributed by atoms with Gasteiger partial charge in [-0.2, -0.15) is 5.10 Å². The first-order chi connectivity index (χ1) is 13.7. The van der Waals surface area contributed by atoms with Crippen molar-refractivity contribution < 1.29 is 9.47 Å². The lowest BCUT2D eigenvalue weighted by Gasteiger charge is -2.31. The highest BCUT2D eigenvalue weighted by atomic mass is 35.5. The van der Waals surface area contributed by atoms with Gasteiger partial charge in [0.1, 0.15) is 11.0 Å². The van der Waals surface area contributed by atoms with Crippen LogP contribution in [0, 0.1) is 0 Å². The number of halogens is 1. The number of anilines is 1. The summed E-state index contributed by atoms with van der Waals surface area (Å²) in [4.78, 5) is 8.51. The topological polar surface area (TPSA) is 85.0 Å². The van der Waals surface area contributed by atoms with Gasteiger partial charge in [-0.3, -0.25) is 10.1 Å². The molecule has 2 N–H and O–H groups in total. The summed E-state index contributed by atoms with van der Waals surface area (Å²) in [5.41, 5.74) is 5.20. The number of rotatable bonds is 4. The monoisotopic (exact) mass is 397 g/mol. The summed E-state index contributed by atoms with van der Waals surface area (Å²) in [5, 5.41) is 11.5. The van der Waals surface area contributed by atoms with Crippen LogP contribution in [0.1, 0.15) is 23.2 Å². The summed E-state index contributed by atoms with van der Waals surface area (Å²) < 4.78 is 11.7. The molecule has 3 aromatic heterocycles. The second-order valence-corrected chi connectivity index (χ2v) is 7.48. The molecule has 4 heterocycles. The molecule has 144 valence electrons. The van der Waals surface area contributed by atoms with Gasteiger partial charge < -0.3 is 14.8 Å². The smallest absolute Gasteiger partial charge is 0.174 e. The average Bonchev–Trinajstić information content (AvgIpc) is 3.34. The molecule has 1 saturated heterocycles. The first-order valence-electron chi connectivity index (χ1n) is 9.36. The first kappa shape index (κ1) is 17.6. The highest BCUT2D eigenvalue weighted by Crippen LogP contribution is 2.38. The van der Waals surface area contributed by atoms with Gasteiger partial charge in [-0.15, -0.1) is 0 Å². The summed E-state index contributed by atoms with van der Waals surface area (Å²) in [5.74, 6) is 0.223. The molecule has 0 unspecified atom stereocenters. The van der Waals surface area contributed by atoms with Crippen molar-refractivity contribution >= 4 is 17.4 Å². The Balaban J connectivity index is 1.40. The van der Waals surface area contributed by atoms with E-state index in [1.165, 1.54) is 5.56 Å². The maximum Gasteiger partial charge on any atom is 0.174 e. The summed E-state index contributed by atoms with van der Waals surface area (Å²) in [7, 11) is 0. The Labute approximate surface area is 167 Å². The molecule has 0 atom stereocenters. The Bertz CT molecular complexity index is 986. The minimum Gasteiger partial charge on any atom is -0.366 e. The van der Waals surface area contributed by atoms with Crippen LogP contribution in [0.25, 0.3) is 11.3 Å². The zero-order valence-electron chi connectivity index (χ0n) is 15.2. The van der Waals surface area contributed by atoms with E-state index in [4.69, 9.17) is 21.1 Å². The van der Waals surface area contributed by atoms with E-state index in [0.29, 0.717) is 37.2 Å². The van der Waals surface area contributed by atoms with Crippen molar-refractivity contribution in [3.05, 3.63) is 58.6 Å². The van der Waals surface area contributed by atoms with Gasteiger partial charge in [-0.1, -0.05) is 17.7 Å². The van der Waals surface area contributed by atoms with Gasteiger partial charge in [0, 0.05) is 48.6 Å². The molecule has 0 amide bonds. The average molecular weight is 398 g/mol. The van der Waals surface area contributed by atoms with Crippen molar-refractivity contribution in [1.29, 1.82) is 0 Å². The Kier molecular flexibility index (Phi) is 4.50. The Morgan fingerprint density at radius 3 is 2.96 bits per heavy atom. The molecule has 8 heteroatoms. The number of fused-ring (bicyclic) bond motifs is 1. The molecule has 1 fully saturated rings. The van der Waals surface area contributed by atoms with Gasteiger partial charge in [0.2, 0.25) is 0 Å². The number of nitrogens with zero attached hydrogens (tertiary/aromatic N) is 3. The first-order valence-corrected chi connectivity index (χ1v) is 9.73. The summed E-state index contributed by atoms with van der Waals surface area (Å²) >= 11 is 6.29. The van der Waals surface area contributed by atoms with Crippen LogP contribution in [0.5, 0.6) is 0 Å². The van der Waals surface area contributed by atoms with Gasteiger partial charge >= 0.3 is 0 Å². The molecule has 1 aliphatic heterocycles. The largest absolute Gasteiger partial charge is 0.366 e. The standard InChI is InChI=1S/C20H20ClN5O2/c21-17-8-14(9-18(24-17)23-12-13-2-1-5-22-11-13)19-15-3-4-20(27-6-7-28-20)10-16(15)25-26-19/h1-2,5,8-9,11H,3-4,6-7,10,12H2,(H,23,24)(H,25,26). The third-order valence-corrected chi connectivity index (χ3v) is 5.43. The summed E-state index contributed by atoms with van der Waals surface area (Å²) in [6.07, 6.45) is 5.95. The minimum atomic E-state index is -0.483. The Hall–Kier alpha value is -2.48. The fourth-order valence-corrected chi connectivity index (χ4v) is 4.10. The van der Waals surface area contributed by atoms with Gasteiger partial charge in [-0.25, -0.2) is 4.98 Å². The van der Waals surface area contributed by atoms with Crippen LogP contribution in [-0.2, 0) is 28.9 Å². The molecule has 3 aromatic rings. The maximum atomic E-state index is 6.29. The lowest BCUT2D eigenvalue weighted by atomic mass is 9.89. The number of H-pyrrole nitrogens is 1. The molecule has 0 bridgehead atoms. The van der Waals surface area contributed by atoms with Crippen LogP contribution in [0.2, 0.25) is 5.15 Å². The number of ether oxygens (including phenoxy) is 2. The second-order valence-electron chi connectivity index (χ2n) is 7.09. The van der Waals surface area contributed by atoms with Gasteiger partial charge in [0.05, 0.1) is 18.9 Å². The number of aromatic amines is 1. The van der Waals surface area contributed by atoms with Crippen molar-refractivity contribution in [2.75, 3.05) is 18.5 Å². The Morgan fingerprint density at radius 1 is 1.25 bits per heavy atom. The second kappa shape index (κ2) is 7.16. The third-order valence-electron chi connectivity index (χ3n) is 5.23. The van der Waals surface area contributed by atoms with E-state index in [-0.39, 0.29) is 0 Å². The van der Waals surface area contributed by atoms with Gasteiger partial charge in [0.15, 0.2) is 5.79 Å². The van der Waals surface area contributed by atoms with Crippen LogP contribution in [0.15, 0.2) is 36.7 Å². The van der Waals surface area contributed by atoms with Crippen LogP contribution < -0.4 is 5.32 Å². The normalized spacial score (nSPS) is 17.6. The molecular weight excluding hydrogens is 378 g/mol. The minimum absolute atomic E-state index is 0.428. The SMILES string of the molecule is Clc1cc(-c2n[nH]c3c2CCC2(C3)OCCO2)cc(NCc2cccnc2)n1. The molecule has 28 heavy (non-hydrogen) atoms. The quantitative estimate of drug-likeness (QED) is 0.656. The molecule has 0 saturated carbocycles.